The monoisotopic (exact) mass is 135 g/mol. The van der Waals surface area contributed by atoms with Crippen molar-refractivity contribution in [2.45, 2.75) is 0 Å². The van der Waals surface area contributed by atoms with Gasteiger partial charge < -0.3 is 4.74 Å². The van der Waals surface area contributed by atoms with E-state index in [1.165, 1.54) is 7.85 Å². The standard InChI is InChI=1S/C6H6BNO2/c7-6(9)10-5-1-3-8-4-2-5/h1-4H,7H2. The van der Waals surface area contributed by atoms with E-state index >= 15 is 0 Å². The maximum absolute atomic E-state index is 10.4. The smallest absolute Gasteiger partial charge is 0.248 e. The summed E-state index contributed by atoms with van der Waals surface area (Å²) >= 11 is 0. The molecule has 0 aliphatic heterocycles. The fourth-order valence-corrected chi connectivity index (χ4v) is 0.572. The molecule has 0 amide bonds. The Balaban J connectivity index is 2.67. The van der Waals surface area contributed by atoms with Gasteiger partial charge in [0.15, 0.2) is 0 Å². The molecule has 1 aromatic rings. The van der Waals surface area contributed by atoms with Crippen molar-refractivity contribution in [3.8, 4) is 5.75 Å². The second kappa shape index (κ2) is 3.01. The zero-order chi connectivity index (χ0) is 7.40. The van der Waals surface area contributed by atoms with Crippen LogP contribution >= 0.6 is 0 Å². The fraction of sp³-hybridized carbons (Fsp3) is 0. The first-order valence-electron chi connectivity index (χ1n) is 2.87. The third-order valence-corrected chi connectivity index (χ3v) is 0.911. The van der Waals surface area contributed by atoms with Crippen LogP contribution in [-0.2, 0) is 0 Å². The van der Waals surface area contributed by atoms with Crippen LogP contribution < -0.4 is 4.74 Å². The van der Waals surface area contributed by atoms with Gasteiger partial charge in [-0.1, -0.05) is 0 Å². The third kappa shape index (κ3) is 1.89. The van der Waals surface area contributed by atoms with Crippen LogP contribution in [0.4, 0.5) is 4.79 Å². The van der Waals surface area contributed by atoms with E-state index in [9.17, 15) is 4.79 Å². The molecule has 0 fully saturated rings. The van der Waals surface area contributed by atoms with E-state index in [1.54, 1.807) is 24.5 Å². The van der Waals surface area contributed by atoms with Crippen molar-refractivity contribution in [2.24, 2.45) is 0 Å². The molecule has 1 aromatic heterocycles. The summed E-state index contributed by atoms with van der Waals surface area (Å²) in [5.74, 6) is 0.216. The maximum atomic E-state index is 10.4. The summed E-state index contributed by atoms with van der Waals surface area (Å²) in [5.41, 5.74) is 0. The Morgan fingerprint density at radius 3 is 2.60 bits per heavy atom. The molecule has 4 heteroatoms. The Labute approximate surface area is 59.4 Å². The van der Waals surface area contributed by atoms with Crippen molar-refractivity contribution in [3.63, 3.8) is 0 Å². The minimum atomic E-state index is -0.314. The highest BCUT2D eigenvalue weighted by Crippen LogP contribution is 2.05. The van der Waals surface area contributed by atoms with Crippen LogP contribution in [-0.4, -0.2) is 18.7 Å². The largest absolute Gasteiger partial charge is 0.435 e. The number of rotatable bonds is 1. The Morgan fingerprint density at radius 2 is 2.10 bits per heavy atom. The van der Waals surface area contributed by atoms with Gasteiger partial charge in [0.1, 0.15) is 5.75 Å². The van der Waals surface area contributed by atoms with Crippen LogP contribution in [0.5, 0.6) is 5.75 Å². The van der Waals surface area contributed by atoms with Gasteiger partial charge in [0, 0.05) is 12.4 Å². The Bertz CT molecular complexity index is 224. The average molecular weight is 135 g/mol. The number of nitrogens with zero attached hydrogens (tertiary/aromatic N) is 1. The highest BCUT2D eigenvalue weighted by molar-refractivity contribution is 6.55. The Morgan fingerprint density at radius 1 is 1.50 bits per heavy atom. The van der Waals surface area contributed by atoms with Crippen molar-refractivity contribution in [3.05, 3.63) is 24.5 Å². The lowest BCUT2D eigenvalue weighted by atomic mass is 10.2. The first-order valence-corrected chi connectivity index (χ1v) is 2.87. The summed E-state index contributed by atoms with van der Waals surface area (Å²) in [6.07, 6.45) is 3.14. The molecular formula is C6H6BNO2. The second-order valence-electron chi connectivity index (χ2n) is 1.78. The van der Waals surface area contributed by atoms with E-state index in [2.05, 4.69) is 4.98 Å². The third-order valence-electron chi connectivity index (χ3n) is 0.911. The molecule has 0 radical (unpaired) electrons. The molecule has 0 aliphatic rings. The highest BCUT2D eigenvalue weighted by atomic mass is 16.5. The number of carbonyl (C=O) groups is 1. The molecule has 0 aromatic carbocycles. The van der Waals surface area contributed by atoms with Crippen LogP contribution in [0, 0.1) is 0 Å². The molecule has 0 aliphatic carbocycles. The first kappa shape index (κ1) is 6.80. The molecule has 0 saturated heterocycles. The molecule has 0 N–H and O–H groups in total. The molecule has 50 valence electrons. The van der Waals surface area contributed by atoms with Crippen molar-refractivity contribution >= 4 is 13.7 Å². The molecule has 0 spiro atoms. The number of hydrogen-bond acceptors (Lipinski definition) is 3. The SMILES string of the molecule is BC(=O)Oc1ccncc1. The van der Waals surface area contributed by atoms with Crippen molar-refractivity contribution < 1.29 is 9.53 Å². The van der Waals surface area contributed by atoms with E-state index in [1.807, 2.05) is 0 Å². The van der Waals surface area contributed by atoms with Gasteiger partial charge in [0.2, 0.25) is 13.7 Å². The fourth-order valence-electron chi connectivity index (χ4n) is 0.572. The summed E-state index contributed by atoms with van der Waals surface area (Å²) in [5, 5.41) is 0. The predicted octanol–water partition coefficient (Wildman–Crippen LogP) is 0.213. The molecule has 1 rings (SSSR count). The van der Waals surface area contributed by atoms with E-state index in [4.69, 9.17) is 4.74 Å². The van der Waals surface area contributed by atoms with Crippen LogP contribution in [0.3, 0.4) is 0 Å². The minimum absolute atomic E-state index is 0.314. The first-order chi connectivity index (χ1) is 4.79. The van der Waals surface area contributed by atoms with E-state index in [0.29, 0.717) is 5.75 Å². The lowest BCUT2D eigenvalue weighted by Crippen LogP contribution is -2.03. The molecule has 0 bridgehead atoms. The van der Waals surface area contributed by atoms with E-state index < -0.39 is 0 Å². The zero-order valence-electron chi connectivity index (χ0n) is 5.57. The highest BCUT2D eigenvalue weighted by Gasteiger charge is 1.93. The van der Waals surface area contributed by atoms with Crippen molar-refractivity contribution in [1.29, 1.82) is 0 Å². The van der Waals surface area contributed by atoms with Gasteiger partial charge in [-0.15, -0.1) is 0 Å². The lowest BCUT2D eigenvalue weighted by Gasteiger charge is -1.97. The average Bonchev–Trinajstić information content (AvgIpc) is 1.88. The summed E-state index contributed by atoms with van der Waals surface area (Å²) in [6, 6.07) is 3.25. The Kier molecular flexibility index (Phi) is 2.05. The van der Waals surface area contributed by atoms with E-state index in [-0.39, 0.29) is 5.87 Å². The van der Waals surface area contributed by atoms with Crippen LogP contribution in [0.15, 0.2) is 24.5 Å². The predicted molar refractivity (Wildman–Crippen MR) is 38.8 cm³/mol. The number of carbonyl (C=O) groups excluding carboxylic acids is 1. The molecule has 3 nitrogen and oxygen atoms in total. The molecule has 0 atom stereocenters. The van der Waals surface area contributed by atoms with Gasteiger partial charge in [-0.05, 0) is 12.1 Å². The van der Waals surface area contributed by atoms with Gasteiger partial charge in [-0.3, -0.25) is 9.78 Å². The lowest BCUT2D eigenvalue weighted by molar-refractivity contribution is 0.225. The minimum Gasteiger partial charge on any atom is -0.435 e. The van der Waals surface area contributed by atoms with Crippen LogP contribution in [0.1, 0.15) is 0 Å². The van der Waals surface area contributed by atoms with Gasteiger partial charge in [0.05, 0.1) is 0 Å². The molecule has 10 heavy (non-hydrogen) atoms. The van der Waals surface area contributed by atoms with E-state index in [0.717, 1.165) is 0 Å². The normalized spacial score (nSPS) is 8.80. The maximum Gasteiger partial charge on any atom is 0.248 e. The quantitative estimate of drug-likeness (QED) is 0.516. The van der Waals surface area contributed by atoms with Gasteiger partial charge in [-0.2, -0.15) is 0 Å². The summed E-state index contributed by atoms with van der Waals surface area (Å²) in [7, 11) is 1.36. The van der Waals surface area contributed by atoms with Gasteiger partial charge >= 0.3 is 0 Å². The van der Waals surface area contributed by atoms with Crippen molar-refractivity contribution in [1.82, 2.24) is 4.98 Å². The molecular weight excluding hydrogens is 129 g/mol. The van der Waals surface area contributed by atoms with Gasteiger partial charge in [-0.25, -0.2) is 0 Å². The molecule has 0 saturated carbocycles. The molecule has 0 unspecified atom stereocenters. The van der Waals surface area contributed by atoms with Crippen LogP contribution in [0.2, 0.25) is 0 Å². The summed E-state index contributed by atoms with van der Waals surface area (Å²) in [6.45, 7) is 0. The second-order valence-corrected chi connectivity index (χ2v) is 1.78. The molecule has 1 heterocycles. The van der Waals surface area contributed by atoms with Crippen molar-refractivity contribution in [2.75, 3.05) is 0 Å². The van der Waals surface area contributed by atoms with Gasteiger partial charge in [0.25, 0.3) is 0 Å². The summed E-state index contributed by atoms with van der Waals surface area (Å²) in [4.78, 5) is 14.1. The van der Waals surface area contributed by atoms with Crippen LogP contribution in [0.25, 0.3) is 0 Å². The summed E-state index contributed by atoms with van der Waals surface area (Å²) < 4.78 is 4.74. The Hall–Kier alpha value is -1.32. The number of hydrogen-bond donors (Lipinski definition) is 0. The number of ether oxygens (including phenoxy) is 1. The number of aromatic nitrogens is 1. The number of pyridine rings is 1. The zero-order valence-corrected chi connectivity index (χ0v) is 5.57. The topological polar surface area (TPSA) is 39.2 Å².